The number of allylic oxidation sites excluding steroid dienone is 4. The van der Waals surface area contributed by atoms with Gasteiger partial charge in [0.25, 0.3) is 0 Å². The Bertz CT molecular complexity index is 1470. The lowest BCUT2D eigenvalue weighted by atomic mass is 9.64. The van der Waals surface area contributed by atoms with Crippen LogP contribution in [0.5, 0.6) is 11.5 Å². The van der Waals surface area contributed by atoms with Crippen molar-refractivity contribution in [1.82, 2.24) is 0 Å². The fraction of sp³-hybridized carbons (Fsp3) is 0.450. The molecule has 2 fully saturated rings. The van der Waals surface area contributed by atoms with Crippen LogP contribution < -0.4 is 9.47 Å². The Balaban J connectivity index is 1.30. The molecule has 0 N–H and O–H groups in total. The highest BCUT2D eigenvalue weighted by atomic mass is 16.5. The maximum atomic E-state index is 6.36. The summed E-state index contributed by atoms with van der Waals surface area (Å²) >= 11 is 0. The number of ether oxygens (including phenoxy) is 4. The topological polar surface area (TPSA) is 36.9 Å². The molecule has 3 aromatic rings. The van der Waals surface area contributed by atoms with E-state index in [1.54, 1.807) is 0 Å². The summed E-state index contributed by atoms with van der Waals surface area (Å²) < 4.78 is 23.8. The van der Waals surface area contributed by atoms with Crippen molar-refractivity contribution in [3.8, 4) is 11.5 Å². The lowest BCUT2D eigenvalue weighted by Crippen LogP contribution is -2.46. The summed E-state index contributed by atoms with van der Waals surface area (Å²) in [5.41, 5.74) is 9.48. The fourth-order valence-corrected chi connectivity index (χ4v) is 7.58. The SMILES string of the molecule is CCc1ccc2c(c1)C(c1ccc(OCC3(CC)COC3)cc1)(c1ccc(OCC3(CC)COC3)cc1)C1=C2C=CC1CC. The van der Waals surface area contributed by atoms with E-state index >= 15 is 0 Å². The van der Waals surface area contributed by atoms with Crippen LogP contribution in [-0.2, 0) is 21.3 Å². The molecule has 1 atom stereocenters. The monoisotopic (exact) mass is 590 g/mol. The van der Waals surface area contributed by atoms with Gasteiger partial charge in [0.2, 0.25) is 0 Å². The normalized spacial score (nSPS) is 21.8. The van der Waals surface area contributed by atoms with Crippen molar-refractivity contribution in [2.75, 3.05) is 39.6 Å². The zero-order valence-electron chi connectivity index (χ0n) is 26.8. The largest absolute Gasteiger partial charge is 0.493 e. The number of hydrogen-bond acceptors (Lipinski definition) is 4. The number of benzene rings is 3. The quantitative estimate of drug-likeness (QED) is 0.212. The fourth-order valence-electron chi connectivity index (χ4n) is 7.58. The Morgan fingerprint density at radius 2 is 1.25 bits per heavy atom. The van der Waals surface area contributed by atoms with Crippen LogP contribution in [0.4, 0.5) is 0 Å². The molecule has 0 radical (unpaired) electrons. The van der Waals surface area contributed by atoms with Gasteiger partial charge in [-0.15, -0.1) is 0 Å². The molecule has 1 unspecified atom stereocenters. The van der Waals surface area contributed by atoms with Gasteiger partial charge in [-0.1, -0.05) is 82.3 Å². The smallest absolute Gasteiger partial charge is 0.119 e. The highest BCUT2D eigenvalue weighted by Crippen LogP contribution is 2.60. The van der Waals surface area contributed by atoms with Gasteiger partial charge in [-0.3, -0.25) is 0 Å². The molecule has 2 saturated heterocycles. The molecule has 2 heterocycles. The van der Waals surface area contributed by atoms with Crippen molar-refractivity contribution < 1.29 is 18.9 Å². The van der Waals surface area contributed by atoms with Crippen molar-refractivity contribution in [2.45, 2.75) is 58.8 Å². The summed E-state index contributed by atoms with van der Waals surface area (Å²) in [6.45, 7) is 13.6. The molecular formula is C40H46O4. The van der Waals surface area contributed by atoms with Crippen LogP contribution in [0, 0.1) is 16.7 Å². The molecule has 44 heavy (non-hydrogen) atoms. The minimum atomic E-state index is -0.393. The maximum absolute atomic E-state index is 6.36. The van der Waals surface area contributed by atoms with E-state index in [9.17, 15) is 0 Å². The Morgan fingerprint density at radius 3 is 1.68 bits per heavy atom. The summed E-state index contributed by atoms with van der Waals surface area (Å²) in [5, 5.41) is 0. The Labute approximate surface area is 263 Å². The van der Waals surface area contributed by atoms with E-state index in [-0.39, 0.29) is 10.8 Å². The van der Waals surface area contributed by atoms with Crippen LogP contribution in [0.1, 0.15) is 74.8 Å². The molecular weight excluding hydrogens is 544 g/mol. The molecule has 2 aliphatic carbocycles. The molecule has 0 saturated carbocycles. The summed E-state index contributed by atoms with van der Waals surface area (Å²) in [6, 6.07) is 25.1. The lowest BCUT2D eigenvalue weighted by molar-refractivity contribution is -0.133. The summed E-state index contributed by atoms with van der Waals surface area (Å²) in [4.78, 5) is 0. The second-order valence-electron chi connectivity index (χ2n) is 13.5. The van der Waals surface area contributed by atoms with E-state index < -0.39 is 5.41 Å². The Hall–Kier alpha value is -3.34. The minimum Gasteiger partial charge on any atom is -0.493 e. The Morgan fingerprint density at radius 1 is 0.705 bits per heavy atom. The average molecular weight is 591 g/mol. The zero-order valence-corrected chi connectivity index (χ0v) is 26.8. The first-order chi connectivity index (χ1) is 21.5. The third-order valence-corrected chi connectivity index (χ3v) is 11.0. The first-order valence-corrected chi connectivity index (χ1v) is 16.7. The van der Waals surface area contributed by atoms with Crippen molar-refractivity contribution in [3.05, 3.63) is 112 Å². The van der Waals surface area contributed by atoms with Gasteiger partial charge in [0.05, 0.1) is 55.9 Å². The van der Waals surface area contributed by atoms with Gasteiger partial charge in [0.15, 0.2) is 0 Å². The predicted molar refractivity (Wildman–Crippen MR) is 177 cm³/mol. The van der Waals surface area contributed by atoms with Gasteiger partial charge in [0, 0.05) is 5.92 Å². The van der Waals surface area contributed by atoms with Gasteiger partial charge in [-0.05, 0) is 88.9 Å². The van der Waals surface area contributed by atoms with Crippen LogP contribution in [0.2, 0.25) is 0 Å². The Kier molecular flexibility index (Phi) is 7.71. The molecule has 4 heteroatoms. The highest BCUT2D eigenvalue weighted by Gasteiger charge is 2.50. The van der Waals surface area contributed by atoms with E-state index in [4.69, 9.17) is 18.9 Å². The third kappa shape index (κ3) is 4.64. The number of rotatable bonds is 12. The van der Waals surface area contributed by atoms with Gasteiger partial charge in [-0.2, -0.15) is 0 Å². The van der Waals surface area contributed by atoms with Gasteiger partial charge < -0.3 is 18.9 Å². The molecule has 0 amide bonds. The van der Waals surface area contributed by atoms with Crippen LogP contribution >= 0.6 is 0 Å². The van der Waals surface area contributed by atoms with Gasteiger partial charge >= 0.3 is 0 Å². The van der Waals surface area contributed by atoms with Crippen LogP contribution in [0.15, 0.2) is 84.5 Å². The number of fused-ring (bicyclic) bond motifs is 2. The molecule has 4 aliphatic rings. The maximum Gasteiger partial charge on any atom is 0.119 e. The summed E-state index contributed by atoms with van der Waals surface area (Å²) in [5.74, 6) is 2.22. The second-order valence-corrected chi connectivity index (χ2v) is 13.5. The zero-order chi connectivity index (χ0) is 30.4. The van der Waals surface area contributed by atoms with Gasteiger partial charge in [0.1, 0.15) is 11.5 Å². The standard InChI is InChI=1S/C40H46O4/c1-5-28-9-19-34-35-20-10-29(6-2)37(35)40(36(34)21-28,30-11-15-32(16-12-30)43-26-38(7-3)22-41-23-38)31-13-17-33(18-14-31)44-27-39(8-4)24-42-25-39/h9-21,29H,5-8,22-27H2,1-4H3. The van der Waals surface area contributed by atoms with E-state index in [0.717, 1.165) is 63.6 Å². The number of hydrogen-bond donors (Lipinski definition) is 0. The molecule has 0 bridgehead atoms. The van der Waals surface area contributed by atoms with E-state index in [1.165, 1.54) is 39.0 Å². The van der Waals surface area contributed by atoms with Crippen molar-refractivity contribution in [2.24, 2.45) is 16.7 Å². The van der Waals surface area contributed by atoms with E-state index in [2.05, 4.69) is 107 Å². The van der Waals surface area contributed by atoms with Gasteiger partial charge in [-0.25, -0.2) is 0 Å². The third-order valence-electron chi connectivity index (χ3n) is 11.0. The molecule has 3 aromatic carbocycles. The van der Waals surface area contributed by atoms with Crippen molar-refractivity contribution in [3.63, 3.8) is 0 Å². The highest BCUT2D eigenvalue weighted by molar-refractivity contribution is 5.92. The van der Waals surface area contributed by atoms with E-state index in [1.807, 2.05) is 0 Å². The minimum absolute atomic E-state index is 0.149. The van der Waals surface area contributed by atoms with Crippen LogP contribution in [0.25, 0.3) is 5.57 Å². The molecule has 0 aromatic heterocycles. The van der Waals surface area contributed by atoms with E-state index in [0.29, 0.717) is 19.1 Å². The predicted octanol–water partition coefficient (Wildman–Crippen LogP) is 8.56. The average Bonchev–Trinajstić information content (AvgIpc) is 3.58. The summed E-state index contributed by atoms with van der Waals surface area (Å²) in [6.07, 6.45) is 9.00. The molecule has 2 aliphatic heterocycles. The first kappa shape index (κ1) is 29.4. The van der Waals surface area contributed by atoms with Crippen molar-refractivity contribution in [1.29, 1.82) is 0 Å². The van der Waals surface area contributed by atoms with Crippen LogP contribution in [0.3, 0.4) is 0 Å². The van der Waals surface area contributed by atoms with Crippen molar-refractivity contribution >= 4 is 5.57 Å². The first-order valence-electron chi connectivity index (χ1n) is 16.7. The second kappa shape index (κ2) is 11.5. The summed E-state index contributed by atoms with van der Waals surface area (Å²) in [7, 11) is 0. The molecule has 0 spiro atoms. The lowest BCUT2D eigenvalue weighted by Gasteiger charge is -2.40. The van der Waals surface area contributed by atoms with Crippen LogP contribution in [-0.4, -0.2) is 39.6 Å². The number of aryl methyl sites for hydroxylation is 1. The molecule has 4 nitrogen and oxygen atoms in total. The molecule has 230 valence electrons. The molecule has 7 rings (SSSR count).